The second-order valence-corrected chi connectivity index (χ2v) is 10.1. The van der Waals surface area contributed by atoms with E-state index in [1.165, 1.54) is 22.2 Å². The molecule has 31 heavy (non-hydrogen) atoms. The molecule has 0 saturated carbocycles. The zero-order valence-electron chi connectivity index (χ0n) is 17.7. The van der Waals surface area contributed by atoms with Gasteiger partial charge in [0.1, 0.15) is 17.0 Å². The van der Waals surface area contributed by atoms with Crippen molar-refractivity contribution >= 4 is 44.9 Å². The minimum Gasteiger partial charge on any atom is -0.444 e. The Bertz CT molecular complexity index is 1150. The fourth-order valence-corrected chi connectivity index (χ4v) is 5.12. The number of piperazine rings is 1. The van der Waals surface area contributed by atoms with Crippen molar-refractivity contribution in [2.75, 3.05) is 26.2 Å². The third kappa shape index (κ3) is 4.64. The highest BCUT2D eigenvalue weighted by Gasteiger charge is 2.28. The number of carbonyl (C=O) groups excluding carboxylic acids is 2. The number of aromatic nitrogens is 2. The van der Waals surface area contributed by atoms with E-state index in [4.69, 9.17) is 4.74 Å². The van der Waals surface area contributed by atoms with Crippen LogP contribution in [-0.4, -0.2) is 63.1 Å². The lowest BCUT2D eigenvalue weighted by Gasteiger charge is -2.35. The summed E-state index contributed by atoms with van der Waals surface area (Å²) in [5.74, 6) is -0.167. The first-order valence-electron chi connectivity index (χ1n) is 9.99. The lowest BCUT2D eigenvalue weighted by atomic mass is 10.2. The Hall–Kier alpha value is -2.72. The molecule has 1 fully saturated rings. The SMILES string of the molecule is CC(C)(C)OC(=O)N1CCN(C(=O)Cn2cnc3scc(-c4cccs4)c3c2=O)CC1. The monoisotopic (exact) mass is 460 g/mol. The minimum absolute atomic E-state index is 0.0755. The molecule has 0 N–H and O–H groups in total. The zero-order valence-corrected chi connectivity index (χ0v) is 19.3. The largest absolute Gasteiger partial charge is 0.444 e. The van der Waals surface area contributed by atoms with E-state index in [2.05, 4.69) is 4.98 Å². The molecule has 0 atom stereocenters. The smallest absolute Gasteiger partial charge is 0.410 e. The van der Waals surface area contributed by atoms with Crippen molar-refractivity contribution in [3.05, 3.63) is 39.6 Å². The van der Waals surface area contributed by atoms with Gasteiger partial charge in [-0.2, -0.15) is 0 Å². The van der Waals surface area contributed by atoms with Crippen LogP contribution in [-0.2, 0) is 16.1 Å². The number of thiophene rings is 2. The quantitative estimate of drug-likeness (QED) is 0.599. The Kier molecular flexibility index (Phi) is 5.85. The Labute approximate surface area is 187 Å². The Morgan fingerprint density at radius 2 is 1.84 bits per heavy atom. The van der Waals surface area contributed by atoms with Gasteiger partial charge in [0, 0.05) is 42.0 Å². The van der Waals surface area contributed by atoms with Gasteiger partial charge in [0.2, 0.25) is 5.91 Å². The van der Waals surface area contributed by atoms with E-state index in [0.29, 0.717) is 36.4 Å². The number of hydrogen-bond donors (Lipinski definition) is 0. The van der Waals surface area contributed by atoms with Crippen LogP contribution in [0.5, 0.6) is 0 Å². The van der Waals surface area contributed by atoms with E-state index in [9.17, 15) is 14.4 Å². The number of ether oxygens (including phenoxy) is 1. The van der Waals surface area contributed by atoms with Crippen LogP contribution in [0.2, 0.25) is 0 Å². The maximum atomic E-state index is 13.1. The van der Waals surface area contributed by atoms with Crippen LogP contribution in [0.15, 0.2) is 34.0 Å². The van der Waals surface area contributed by atoms with Gasteiger partial charge in [-0.25, -0.2) is 9.78 Å². The van der Waals surface area contributed by atoms with Crippen LogP contribution < -0.4 is 5.56 Å². The predicted molar refractivity (Wildman–Crippen MR) is 122 cm³/mol. The molecule has 0 bridgehead atoms. The fraction of sp³-hybridized carbons (Fsp3) is 0.429. The van der Waals surface area contributed by atoms with Crippen LogP contribution >= 0.6 is 22.7 Å². The lowest BCUT2D eigenvalue weighted by molar-refractivity contribution is -0.133. The molecule has 3 aromatic heterocycles. The van der Waals surface area contributed by atoms with Crippen molar-refractivity contribution in [3.63, 3.8) is 0 Å². The highest BCUT2D eigenvalue weighted by Crippen LogP contribution is 2.33. The average molecular weight is 461 g/mol. The van der Waals surface area contributed by atoms with Crippen molar-refractivity contribution in [2.45, 2.75) is 32.9 Å². The molecule has 8 nitrogen and oxygen atoms in total. The molecule has 4 rings (SSSR count). The minimum atomic E-state index is -0.555. The van der Waals surface area contributed by atoms with E-state index in [0.717, 1.165) is 10.4 Å². The predicted octanol–water partition coefficient (Wildman–Crippen LogP) is 3.27. The molecule has 0 unspecified atom stereocenters. The molecule has 0 aromatic carbocycles. The van der Waals surface area contributed by atoms with Gasteiger partial charge in [-0.3, -0.25) is 14.2 Å². The number of carbonyl (C=O) groups is 2. The molecular formula is C21H24N4O4S2. The summed E-state index contributed by atoms with van der Waals surface area (Å²) in [6, 6.07) is 3.91. The van der Waals surface area contributed by atoms with Gasteiger partial charge in [0.05, 0.1) is 11.7 Å². The first-order chi connectivity index (χ1) is 14.7. The molecule has 1 saturated heterocycles. The van der Waals surface area contributed by atoms with Crippen molar-refractivity contribution in [3.8, 4) is 10.4 Å². The van der Waals surface area contributed by atoms with Crippen molar-refractivity contribution < 1.29 is 14.3 Å². The van der Waals surface area contributed by atoms with E-state index < -0.39 is 5.60 Å². The van der Waals surface area contributed by atoms with Gasteiger partial charge in [0.15, 0.2) is 0 Å². The topological polar surface area (TPSA) is 84.7 Å². The Morgan fingerprint density at radius 1 is 1.13 bits per heavy atom. The first-order valence-corrected chi connectivity index (χ1v) is 11.7. The summed E-state index contributed by atoms with van der Waals surface area (Å²) in [5, 5.41) is 4.46. The summed E-state index contributed by atoms with van der Waals surface area (Å²) < 4.78 is 6.76. The molecule has 164 valence electrons. The highest BCUT2D eigenvalue weighted by molar-refractivity contribution is 7.18. The van der Waals surface area contributed by atoms with Crippen LogP contribution in [0.3, 0.4) is 0 Å². The summed E-state index contributed by atoms with van der Waals surface area (Å²) in [6.45, 7) is 7.01. The average Bonchev–Trinajstić information content (AvgIpc) is 3.38. The van der Waals surface area contributed by atoms with Crippen LogP contribution in [0.25, 0.3) is 20.7 Å². The summed E-state index contributed by atoms with van der Waals surface area (Å²) >= 11 is 2.99. The second-order valence-electron chi connectivity index (χ2n) is 8.33. The van der Waals surface area contributed by atoms with Gasteiger partial charge < -0.3 is 14.5 Å². The van der Waals surface area contributed by atoms with Crippen molar-refractivity contribution in [2.24, 2.45) is 0 Å². The number of amides is 2. The first kappa shape index (κ1) is 21.5. The van der Waals surface area contributed by atoms with Gasteiger partial charge in [-0.1, -0.05) is 6.07 Å². The molecule has 0 aliphatic carbocycles. The zero-order chi connectivity index (χ0) is 22.2. The van der Waals surface area contributed by atoms with Crippen LogP contribution in [0.1, 0.15) is 20.8 Å². The third-order valence-corrected chi connectivity index (χ3v) is 6.73. The number of hydrogen-bond acceptors (Lipinski definition) is 7. The van der Waals surface area contributed by atoms with E-state index in [-0.39, 0.29) is 24.1 Å². The summed E-state index contributed by atoms with van der Waals surface area (Å²) in [4.78, 5) is 47.5. The normalized spacial score (nSPS) is 14.8. The van der Waals surface area contributed by atoms with Gasteiger partial charge in [-0.15, -0.1) is 22.7 Å². The summed E-state index contributed by atoms with van der Waals surface area (Å²) in [7, 11) is 0. The third-order valence-electron chi connectivity index (χ3n) is 4.94. The highest BCUT2D eigenvalue weighted by atomic mass is 32.1. The Morgan fingerprint density at radius 3 is 2.48 bits per heavy atom. The maximum absolute atomic E-state index is 13.1. The van der Waals surface area contributed by atoms with Crippen LogP contribution in [0.4, 0.5) is 4.79 Å². The molecule has 1 aliphatic rings. The fourth-order valence-electron chi connectivity index (χ4n) is 3.40. The van der Waals surface area contributed by atoms with Crippen LogP contribution in [0, 0.1) is 0 Å². The van der Waals surface area contributed by atoms with E-state index in [1.54, 1.807) is 21.1 Å². The van der Waals surface area contributed by atoms with Crippen molar-refractivity contribution in [1.82, 2.24) is 19.4 Å². The lowest BCUT2D eigenvalue weighted by Crippen LogP contribution is -2.52. The van der Waals surface area contributed by atoms with E-state index in [1.807, 2.05) is 43.7 Å². The number of fused-ring (bicyclic) bond motifs is 1. The maximum Gasteiger partial charge on any atom is 0.410 e. The summed E-state index contributed by atoms with van der Waals surface area (Å²) in [5.41, 5.74) is 0.0937. The van der Waals surface area contributed by atoms with Crippen molar-refractivity contribution in [1.29, 1.82) is 0 Å². The molecule has 10 heteroatoms. The molecule has 1 aliphatic heterocycles. The Balaban J connectivity index is 1.45. The second kappa shape index (κ2) is 8.43. The molecular weight excluding hydrogens is 436 g/mol. The molecule has 3 aromatic rings. The molecule has 4 heterocycles. The van der Waals surface area contributed by atoms with Gasteiger partial charge in [-0.05, 0) is 32.2 Å². The molecule has 0 spiro atoms. The molecule has 2 amide bonds. The van der Waals surface area contributed by atoms with E-state index >= 15 is 0 Å². The summed E-state index contributed by atoms with van der Waals surface area (Å²) in [6.07, 6.45) is 1.07. The number of rotatable bonds is 3. The van der Waals surface area contributed by atoms with Gasteiger partial charge >= 0.3 is 6.09 Å². The standard InChI is InChI=1S/C21H24N4O4S2/c1-21(2,3)29-20(28)24-8-6-23(7-9-24)16(26)11-25-13-22-18-17(19(25)27)14(12-31-18)15-5-4-10-30-15/h4-5,10,12-13H,6-9,11H2,1-3H3. The molecule has 0 radical (unpaired) electrons. The number of nitrogens with zero attached hydrogens (tertiary/aromatic N) is 4. The van der Waals surface area contributed by atoms with Gasteiger partial charge in [0.25, 0.3) is 5.56 Å².